The molecule has 0 aliphatic rings. The fourth-order valence-electron chi connectivity index (χ4n) is 3.29. The maximum absolute atomic E-state index is 13.5. The molecular weight excluding hydrogens is 406 g/mol. The lowest BCUT2D eigenvalue weighted by Gasteiger charge is -2.32. The van der Waals surface area contributed by atoms with Gasteiger partial charge in [-0.1, -0.05) is 44.7 Å². The van der Waals surface area contributed by atoms with Crippen molar-refractivity contribution in [2.45, 2.75) is 78.6 Å². The molecule has 1 aromatic rings. The van der Waals surface area contributed by atoms with E-state index in [1.165, 1.54) is 4.90 Å². The number of alkyl carbamates (subject to hydrolysis) is 1. The Bertz CT molecular complexity index is 812. The molecule has 2 atom stereocenters. The average Bonchev–Trinajstić information content (AvgIpc) is 2.64. The highest BCUT2D eigenvalue weighted by atomic mass is 16.6. The molecule has 0 radical (unpaired) electrons. The Morgan fingerprint density at radius 2 is 1.75 bits per heavy atom. The molecular formula is C25H39N3O4. The van der Waals surface area contributed by atoms with Crippen LogP contribution in [0.15, 0.2) is 30.8 Å². The van der Waals surface area contributed by atoms with Crippen LogP contribution < -0.4 is 10.6 Å². The number of hydrogen-bond acceptors (Lipinski definition) is 4. The quantitative estimate of drug-likeness (QED) is 0.593. The minimum Gasteiger partial charge on any atom is -0.444 e. The summed E-state index contributed by atoms with van der Waals surface area (Å²) in [5.41, 5.74) is 0.819. The molecule has 1 aromatic carbocycles. The third-order valence-corrected chi connectivity index (χ3v) is 4.57. The molecule has 0 aliphatic carbocycles. The van der Waals surface area contributed by atoms with Gasteiger partial charge >= 0.3 is 6.09 Å². The predicted molar refractivity (Wildman–Crippen MR) is 128 cm³/mol. The van der Waals surface area contributed by atoms with Gasteiger partial charge in [-0.25, -0.2) is 4.79 Å². The second kappa shape index (κ2) is 11.7. The van der Waals surface area contributed by atoms with Crippen LogP contribution >= 0.6 is 0 Å². The summed E-state index contributed by atoms with van der Waals surface area (Å²) in [5, 5.41) is 5.59. The third-order valence-electron chi connectivity index (χ3n) is 4.57. The van der Waals surface area contributed by atoms with Crippen molar-refractivity contribution in [3.63, 3.8) is 0 Å². The zero-order valence-electron chi connectivity index (χ0n) is 20.7. The smallest absolute Gasteiger partial charge is 0.408 e. The van der Waals surface area contributed by atoms with Crippen molar-refractivity contribution in [2.75, 3.05) is 7.05 Å². The summed E-state index contributed by atoms with van der Waals surface area (Å²) in [4.78, 5) is 40.4. The molecule has 0 heterocycles. The maximum atomic E-state index is 13.5. The maximum Gasteiger partial charge on any atom is 0.408 e. The SMILES string of the molecule is C=Cc1cccc(C(C(=O)NC(C)C)N(C)C(=O)C(CC(C)C)NC(=O)OC(C)(C)C)c1. The minimum absolute atomic E-state index is 0.0950. The first-order valence-electron chi connectivity index (χ1n) is 11.0. The van der Waals surface area contributed by atoms with Crippen molar-refractivity contribution in [3.8, 4) is 0 Å². The third kappa shape index (κ3) is 8.73. The fraction of sp³-hybridized carbons (Fsp3) is 0.560. The molecule has 3 amide bonds. The Hall–Kier alpha value is -2.83. The van der Waals surface area contributed by atoms with Crippen LogP contribution in [0.2, 0.25) is 0 Å². The first-order chi connectivity index (χ1) is 14.7. The van der Waals surface area contributed by atoms with Gasteiger partial charge in [0, 0.05) is 13.1 Å². The van der Waals surface area contributed by atoms with Crippen molar-refractivity contribution >= 4 is 24.0 Å². The van der Waals surface area contributed by atoms with Crippen molar-refractivity contribution in [1.82, 2.24) is 15.5 Å². The van der Waals surface area contributed by atoms with Crippen LogP contribution in [0, 0.1) is 5.92 Å². The van der Waals surface area contributed by atoms with E-state index >= 15 is 0 Å². The van der Waals surface area contributed by atoms with Crippen molar-refractivity contribution in [3.05, 3.63) is 42.0 Å². The van der Waals surface area contributed by atoms with Crippen LogP contribution in [0.5, 0.6) is 0 Å². The van der Waals surface area contributed by atoms with Gasteiger partial charge in [-0.3, -0.25) is 9.59 Å². The van der Waals surface area contributed by atoms with Crippen LogP contribution in [0.25, 0.3) is 6.08 Å². The second-order valence-electron chi connectivity index (χ2n) is 9.72. The molecule has 0 saturated carbocycles. The van der Waals surface area contributed by atoms with E-state index in [4.69, 9.17) is 4.74 Å². The summed E-state index contributed by atoms with van der Waals surface area (Å²) in [6.07, 6.45) is 1.43. The molecule has 0 aliphatic heterocycles. The number of likely N-dealkylation sites (N-methyl/N-ethyl adjacent to an activating group) is 1. The first kappa shape index (κ1) is 27.2. The molecule has 178 valence electrons. The molecule has 0 fully saturated rings. The van der Waals surface area contributed by atoms with Crippen molar-refractivity contribution in [1.29, 1.82) is 0 Å². The fourth-order valence-corrected chi connectivity index (χ4v) is 3.29. The van der Waals surface area contributed by atoms with Gasteiger partial charge in [0.25, 0.3) is 0 Å². The zero-order valence-corrected chi connectivity index (χ0v) is 20.7. The highest BCUT2D eigenvalue weighted by Crippen LogP contribution is 2.24. The molecule has 0 saturated heterocycles. The lowest BCUT2D eigenvalue weighted by molar-refractivity contribution is -0.141. The van der Waals surface area contributed by atoms with Crippen LogP contribution in [0.1, 0.15) is 72.1 Å². The summed E-state index contributed by atoms with van der Waals surface area (Å²) < 4.78 is 5.34. The topological polar surface area (TPSA) is 87.7 Å². The number of carbonyl (C=O) groups excluding carboxylic acids is 3. The van der Waals surface area contributed by atoms with Crippen LogP contribution in [0.3, 0.4) is 0 Å². The number of benzene rings is 1. The summed E-state index contributed by atoms with van der Waals surface area (Å²) in [7, 11) is 1.58. The number of carbonyl (C=O) groups is 3. The largest absolute Gasteiger partial charge is 0.444 e. The number of rotatable bonds is 9. The molecule has 0 bridgehead atoms. The first-order valence-corrected chi connectivity index (χ1v) is 11.0. The Morgan fingerprint density at radius 1 is 1.12 bits per heavy atom. The molecule has 32 heavy (non-hydrogen) atoms. The average molecular weight is 446 g/mol. The van der Waals surface area contributed by atoms with Gasteiger partial charge in [-0.2, -0.15) is 0 Å². The second-order valence-corrected chi connectivity index (χ2v) is 9.72. The van der Waals surface area contributed by atoms with E-state index < -0.39 is 23.8 Å². The van der Waals surface area contributed by atoms with E-state index in [9.17, 15) is 14.4 Å². The predicted octanol–water partition coefficient (Wildman–Crippen LogP) is 4.29. The van der Waals surface area contributed by atoms with Gasteiger partial charge < -0.3 is 20.3 Å². The van der Waals surface area contributed by atoms with Crippen LogP contribution in [0.4, 0.5) is 4.79 Å². The van der Waals surface area contributed by atoms with E-state index in [1.807, 2.05) is 45.9 Å². The Morgan fingerprint density at radius 3 is 2.25 bits per heavy atom. The van der Waals surface area contributed by atoms with E-state index in [0.717, 1.165) is 5.56 Å². The normalized spacial score (nSPS) is 13.3. The highest BCUT2D eigenvalue weighted by Gasteiger charge is 2.34. The Labute approximate surface area is 192 Å². The van der Waals surface area contributed by atoms with Gasteiger partial charge in [-0.15, -0.1) is 0 Å². The number of nitrogens with one attached hydrogen (secondary N) is 2. The van der Waals surface area contributed by atoms with Crippen molar-refractivity contribution < 1.29 is 19.1 Å². The lowest BCUT2D eigenvalue weighted by atomic mass is 9.98. The minimum atomic E-state index is -0.861. The highest BCUT2D eigenvalue weighted by molar-refractivity contribution is 5.92. The van der Waals surface area contributed by atoms with E-state index in [1.54, 1.807) is 40.0 Å². The van der Waals surface area contributed by atoms with E-state index in [-0.39, 0.29) is 23.8 Å². The molecule has 1 rings (SSSR count). The zero-order chi connectivity index (χ0) is 24.6. The standard InChI is InChI=1S/C25H39N3O4/c1-10-18-12-11-13-19(15-18)21(22(29)26-17(4)5)28(9)23(30)20(14-16(2)3)27-24(31)32-25(6,7)8/h10-13,15-17,20-21H,1,14H2,2-9H3,(H,26,29)(H,27,31). The van der Waals surface area contributed by atoms with Gasteiger partial charge in [0.1, 0.15) is 17.7 Å². The number of nitrogens with zero attached hydrogens (tertiary/aromatic N) is 1. The van der Waals surface area contributed by atoms with E-state index in [2.05, 4.69) is 17.2 Å². The number of ether oxygens (including phenoxy) is 1. The van der Waals surface area contributed by atoms with Crippen molar-refractivity contribution in [2.24, 2.45) is 5.92 Å². The van der Waals surface area contributed by atoms with Gasteiger partial charge in [0.05, 0.1) is 0 Å². The Kier molecular flexibility index (Phi) is 9.94. The van der Waals surface area contributed by atoms with Gasteiger partial charge in [-0.05, 0) is 64.2 Å². The molecule has 0 spiro atoms. The summed E-state index contributed by atoms with van der Waals surface area (Å²) in [6.45, 7) is 16.7. The summed E-state index contributed by atoms with van der Waals surface area (Å²) >= 11 is 0. The Balaban J connectivity index is 3.28. The van der Waals surface area contributed by atoms with Crippen LogP contribution in [-0.2, 0) is 14.3 Å². The molecule has 0 aromatic heterocycles. The molecule has 7 heteroatoms. The summed E-state index contributed by atoms with van der Waals surface area (Å²) in [6, 6.07) is 5.56. The van der Waals surface area contributed by atoms with Gasteiger partial charge in [0.15, 0.2) is 0 Å². The molecule has 7 nitrogen and oxygen atoms in total. The molecule has 2 N–H and O–H groups in total. The lowest BCUT2D eigenvalue weighted by Crippen LogP contribution is -2.52. The summed E-state index contributed by atoms with van der Waals surface area (Å²) in [5.74, 6) is -0.519. The number of hydrogen-bond donors (Lipinski definition) is 2. The number of amides is 3. The molecule has 2 unspecified atom stereocenters. The van der Waals surface area contributed by atoms with E-state index in [0.29, 0.717) is 12.0 Å². The van der Waals surface area contributed by atoms with Gasteiger partial charge in [0.2, 0.25) is 11.8 Å². The monoisotopic (exact) mass is 445 g/mol. The van der Waals surface area contributed by atoms with Crippen LogP contribution in [-0.4, -0.2) is 47.5 Å².